The van der Waals surface area contributed by atoms with E-state index >= 15 is 0 Å². The lowest BCUT2D eigenvalue weighted by Crippen LogP contribution is -2.50. The molecular weight excluding hydrogens is 346 g/mol. The Morgan fingerprint density at radius 2 is 1.78 bits per heavy atom. The third-order valence-corrected chi connectivity index (χ3v) is 4.96. The SMILES string of the molecule is Cc1cccc(N2CCN(C(=O)COc3ccccc3[N+](=O)[O-])CC2)c1C. The molecule has 1 heterocycles. The molecule has 2 aromatic carbocycles. The summed E-state index contributed by atoms with van der Waals surface area (Å²) in [6.45, 7) is 6.72. The van der Waals surface area contributed by atoms with E-state index in [-0.39, 0.29) is 24.0 Å². The van der Waals surface area contributed by atoms with Crippen molar-refractivity contribution in [2.75, 3.05) is 37.7 Å². The van der Waals surface area contributed by atoms with Gasteiger partial charge in [0.15, 0.2) is 12.4 Å². The largest absolute Gasteiger partial charge is 0.477 e. The fourth-order valence-corrected chi connectivity index (χ4v) is 3.24. The number of amides is 1. The van der Waals surface area contributed by atoms with Gasteiger partial charge in [-0.15, -0.1) is 0 Å². The molecule has 7 heteroatoms. The molecule has 0 radical (unpaired) electrons. The number of para-hydroxylation sites is 2. The highest BCUT2D eigenvalue weighted by molar-refractivity contribution is 5.78. The van der Waals surface area contributed by atoms with E-state index in [1.165, 1.54) is 28.9 Å². The van der Waals surface area contributed by atoms with Crippen molar-refractivity contribution >= 4 is 17.3 Å². The smallest absolute Gasteiger partial charge is 0.310 e. The number of nitro benzene ring substituents is 1. The minimum Gasteiger partial charge on any atom is -0.477 e. The van der Waals surface area contributed by atoms with Crippen molar-refractivity contribution in [2.24, 2.45) is 0 Å². The number of nitrogens with zero attached hydrogens (tertiary/aromatic N) is 3. The van der Waals surface area contributed by atoms with E-state index in [1.54, 1.807) is 17.0 Å². The molecule has 0 spiro atoms. The molecule has 142 valence electrons. The van der Waals surface area contributed by atoms with E-state index in [0.717, 1.165) is 13.1 Å². The Morgan fingerprint density at radius 3 is 2.48 bits per heavy atom. The van der Waals surface area contributed by atoms with E-state index in [0.29, 0.717) is 13.1 Å². The summed E-state index contributed by atoms with van der Waals surface area (Å²) >= 11 is 0. The second-order valence-corrected chi connectivity index (χ2v) is 6.60. The fraction of sp³-hybridized carbons (Fsp3) is 0.350. The maximum Gasteiger partial charge on any atom is 0.310 e. The molecular formula is C20H23N3O4. The summed E-state index contributed by atoms with van der Waals surface area (Å²) < 4.78 is 5.41. The van der Waals surface area contributed by atoms with Gasteiger partial charge in [0.25, 0.3) is 5.91 Å². The lowest BCUT2D eigenvalue weighted by atomic mass is 10.1. The molecule has 27 heavy (non-hydrogen) atoms. The van der Waals surface area contributed by atoms with Crippen LogP contribution in [0.1, 0.15) is 11.1 Å². The quantitative estimate of drug-likeness (QED) is 0.598. The van der Waals surface area contributed by atoms with Crippen LogP contribution in [0.15, 0.2) is 42.5 Å². The highest BCUT2D eigenvalue weighted by Gasteiger charge is 2.23. The number of aryl methyl sites for hydroxylation is 1. The number of carbonyl (C=O) groups is 1. The van der Waals surface area contributed by atoms with Crippen LogP contribution in [0.3, 0.4) is 0 Å². The van der Waals surface area contributed by atoms with Crippen LogP contribution in [-0.4, -0.2) is 48.5 Å². The Bertz CT molecular complexity index is 845. The summed E-state index contributed by atoms with van der Waals surface area (Å²) in [6, 6.07) is 12.3. The van der Waals surface area contributed by atoms with Crippen molar-refractivity contribution in [3.8, 4) is 5.75 Å². The number of hydrogen-bond acceptors (Lipinski definition) is 5. The van der Waals surface area contributed by atoms with Crippen molar-refractivity contribution in [1.29, 1.82) is 0 Å². The number of ether oxygens (including phenoxy) is 1. The third kappa shape index (κ3) is 4.19. The van der Waals surface area contributed by atoms with E-state index < -0.39 is 4.92 Å². The first-order valence-corrected chi connectivity index (χ1v) is 8.92. The predicted octanol–water partition coefficient (Wildman–Crippen LogP) is 2.94. The van der Waals surface area contributed by atoms with Crippen molar-refractivity contribution in [3.05, 3.63) is 63.7 Å². The molecule has 1 saturated heterocycles. The predicted molar refractivity (Wildman–Crippen MR) is 103 cm³/mol. The van der Waals surface area contributed by atoms with Gasteiger partial charge in [-0.05, 0) is 37.1 Å². The Morgan fingerprint density at radius 1 is 1.07 bits per heavy atom. The summed E-state index contributed by atoms with van der Waals surface area (Å²) in [7, 11) is 0. The maximum absolute atomic E-state index is 12.4. The number of nitro groups is 1. The van der Waals surface area contributed by atoms with Crippen molar-refractivity contribution in [1.82, 2.24) is 4.90 Å². The molecule has 0 N–H and O–H groups in total. The molecule has 0 aromatic heterocycles. The molecule has 0 saturated carbocycles. The van der Waals surface area contributed by atoms with Gasteiger partial charge in [0.1, 0.15) is 0 Å². The Balaban J connectivity index is 1.56. The fourth-order valence-electron chi connectivity index (χ4n) is 3.24. The van der Waals surface area contributed by atoms with Gasteiger partial charge in [0.05, 0.1) is 4.92 Å². The van der Waals surface area contributed by atoms with Crippen LogP contribution in [-0.2, 0) is 4.79 Å². The van der Waals surface area contributed by atoms with Gasteiger partial charge in [-0.1, -0.05) is 24.3 Å². The van der Waals surface area contributed by atoms with Gasteiger partial charge < -0.3 is 14.5 Å². The monoisotopic (exact) mass is 369 g/mol. The van der Waals surface area contributed by atoms with Crippen molar-refractivity contribution < 1.29 is 14.5 Å². The number of benzene rings is 2. The number of carbonyl (C=O) groups excluding carboxylic acids is 1. The van der Waals surface area contributed by atoms with E-state index in [2.05, 4.69) is 36.9 Å². The average Bonchev–Trinajstić information content (AvgIpc) is 2.68. The Labute approximate surface area is 158 Å². The minimum atomic E-state index is -0.511. The molecule has 0 atom stereocenters. The molecule has 3 rings (SSSR count). The molecule has 0 bridgehead atoms. The van der Waals surface area contributed by atoms with Crippen LogP contribution in [0.2, 0.25) is 0 Å². The summed E-state index contributed by atoms with van der Waals surface area (Å²) in [5.74, 6) is -0.0429. The summed E-state index contributed by atoms with van der Waals surface area (Å²) in [6.07, 6.45) is 0. The first-order valence-electron chi connectivity index (χ1n) is 8.92. The Kier molecular flexibility index (Phi) is 5.59. The second-order valence-electron chi connectivity index (χ2n) is 6.60. The number of hydrogen-bond donors (Lipinski definition) is 0. The molecule has 1 aliphatic rings. The number of piperazine rings is 1. The number of anilines is 1. The summed E-state index contributed by atoms with van der Waals surface area (Å²) in [5, 5.41) is 11.0. The van der Waals surface area contributed by atoms with Gasteiger partial charge >= 0.3 is 5.69 Å². The molecule has 1 fully saturated rings. The lowest BCUT2D eigenvalue weighted by molar-refractivity contribution is -0.385. The minimum absolute atomic E-state index is 0.116. The molecule has 0 aliphatic carbocycles. The first-order chi connectivity index (χ1) is 13.0. The molecule has 1 aliphatic heterocycles. The Hall–Kier alpha value is -3.09. The van der Waals surface area contributed by atoms with Gasteiger partial charge in [-0.25, -0.2) is 0 Å². The molecule has 0 unspecified atom stereocenters. The van der Waals surface area contributed by atoms with Crippen LogP contribution >= 0.6 is 0 Å². The van der Waals surface area contributed by atoms with Crippen molar-refractivity contribution in [2.45, 2.75) is 13.8 Å². The summed E-state index contributed by atoms with van der Waals surface area (Å²) in [4.78, 5) is 27.0. The molecule has 7 nitrogen and oxygen atoms in total. The van der Waals surface area contributed by atoms with Gasteiger partial charge in [-0.2, -0.15) is 0 Å². The highest BCUT2D eigenvalue weighted by atomic mass is 16.6. The zero-order valence-corrected chi connectivity index (χ0v) is 15.6. The third-order valence-electron chi connectivity index (χ3n) is 4.96. The standard InChI is InChI=1S/C20H23N3O4/c1-15-6-5-8-17(16(15)2)21-10-12-22(13-11-21)20(24)14-27-19-9-4-3-7-18(19)23(25)26/h3-9H,10-14H2,1-2H3. The maximum atomic E-state index is 12.4. The van der Waals surface area contributed by atoms with Gasteiger partial charge in [0, 0.05) is 37.9 Å². The number of rotatable bonds is 5. The topological polar surface area (TPSA) is 75.9 Å². The van der Waals surface area contributed by atoms with Crippen LogP contribution in [0, 0.1) is 24.0 Å². The van der Waals surface area contributed by atoms with Crippen molar-refractivity contribution in [3.63, 3.8) is 0 Å². The van der Waals surface area contributed by atoms with Gasteiger partial charge in [0.2, 0.25) is 0 Å². The van der Waals surface area contributed by atoms with E-state index in [1.807, 2.05) is 0 Å². The zero-order chi connectivity index (χ0) is 19.4. The normalized spacial score (nSPS) is 14.1. The average molecular weight is 369 g/mol. The van der Waals surface area contributed by atoms with Crippen LogP contribution in [0.4, 0.5) is 11.4 Å². The van der Waals surface area contributed by atoms with Crippen LogP contribution in [0.25, 0.3) is 0 Å². The molecule has 1 amide bonds. The van der Waals surface area contributed by atoms with Crippen LogP contribution in [0.5, 0.6) is 5.75 Å². The van der Waals surface area contributed by atoms with Gasteiger partial charge in [-0.3, -0.25) is 14.9 Å². The summed E-state index contributed by atoms with van der Waals surface area (Å²) in [5.41, 5.74) is 3.59. The lowest BCUT2D eigenvalue weighted by Gasteiger charge is -2.37. The van der Waals surface area contributed by atoms with E-state index in [4.69, 9.17) is 4.74 Å². The zero-order valence-electron chi connectivity index (χ0n) is 15.6. The highest BCUT2D eigenvalue weighted by Crippen LogP contribution is 2.26. The first kappa shape index (κ1) is 18.7. The van der Waals surface area contributed by atoms with Crippen LogP contribution < -0.4 is 9.64 Å². The second kappa shape index (κ2) is 8.07. The van der Waals surface area contributed by atoms with E-state index in [9.17, 15) is 14.9 Å². The molecule has 2 aromatic rings.